The van der Waals surface area contributed by atoms with Crippen LogP contribution in [0.15, 0.2) is 42.5 Å². The van der Waals surface area contributed by atoms with Crippen LogP contribution >= 0.6 is 11.6 Å². The summed E-state index contributed by atoms with van der Waals surface area (Å²) in [5, 5.41) is 3.23. The third-order valence-electron chi connectivity index (χ3n) is 4.55. The van der Waals surface area contributed by atoms with Crippen LogP contribution in [0.25, 0.3) is 0 Å². The second kappa shape index (κ2) is 8.96. The number of halogens is 1. The fourth-order valence-corrected chi connectivity index (χ4v) is 3.06. The number of hydrogen-bond donors (Lipinski definition) is 1. The maximum atomic E-state index is 12.3. The molecule has 0 bridgehead atoms. The summed E-state index contributed by atoms with van der Waals surface area (Å²) in [6.07, 6.45) is -1.04. The third-order valence-corrected chi connectivity index (χ3v) is 4.96. The Bertz CT molecular complexity index is 946. The molecular formula is C21H21ClN2O5. The molecule has 0 saturated carbocycles. The molecule has 1 atom stereocenters. The fourth-order valence-electron chi connectivity index (χ4n) is 2.89. The molecule has 0 radical (unpaired) electrons. The van der Waals surface area contributed by atoms with E-state index < -0.39 is 18.0 Å². The van der Waals surface area contributed by atoms with Gasteiger partial charge in [0.2, 0.25) is 0 Å². The lowest BCUT2D eigenvalue weighted by molar-refractivity contribution is -0.153. The van der Waals surface area contributed by atoms with Crippen molar-refractivity contribution in [2.24, 2.45) is 0 Å². The fraction of sp³-hybridized carbons (Fsp3) is 0.286. The number of hydrogen-bond acceptors (Lipinski definition) is 5. The van der Waals surface area contributed by atoms with Crippen LogP contribution in [0.2, 0.25) is 5.02 Å². The minimum Gasteiger partial charge on any atom is -0.482 e. The lowest BCUT2D eigenvalue weighted by Crippen LogP contribution is -2.40. The number of carbonyl (C=O) groups is 3. The van der Waals surface area contributed by atoms with Gasteiger partial charge in [0.05, 0.1) is 12.1 Å². The normalized spacial score (nSPS) is 13.9. The van der Waals surface area contributed by atoms with Gasteiger partial charge in [0.1, 0.15) is 5.75 Å². The molecule has 1 N–H and O–H groups in total. The number of carbonyl (C=O) groups excluding carboxylic acids is 3. The number of rotatable bonds is 6. The first-order chi connectivity index (χ1) is 13.9. The largest absolute Gasteiger partial charge is 0.482 e. The molecular weight excluding hydrogens is 396 g/mol. The second-order valence-corrected chi connectivity index (χ2v) is 6.99. The lowest BCUT2D eigenvalue weighted by Gasteiger charge is -2.29. The van der Waals surface area contributed by atoms with Gasteiger partial charge < -0.3 is 19.7 Å². The lowest BCUT2D eigenvalue weighted by atomic mass is 10.2. The van der Waals surface area contributed by atoms with Gasteiger partial charge in [-0.05, 0) is 43.7 Å². The van der Waals surface area contributed by atoms with Crippen molar-refractivity contribution in [1.82, 2.24) is 0 Å². The Labute approximate surface area is 173 Å². The maximum Gasteiger partial charge on any atom is 0.308 e. The average molecular weight is 417 g/mol. The first kappa shape index (κ1) is 20.7. The van der Waals surface area contributed by atoms with Crippen LogP contribution in [-0.2, 0) is 19.1 Å². The van der Waals surface area contributed by atoms with Crippen molar-refractivity contribution in [2.45, 2.75) is 26.4 Å². The SMILES string of the molecule is Cc1c(Cl)cccc1NC(=O)[C@@H](C)OC(=O)CCN1C(=O)COc2ccccc21. The molecule has 0 saturated heterocycles. The molecule has 0 spiro atoms. The summed E-state index contributed by atoms with van der Waals surface area (Å²) >= 11 is 6.05. The van der Waals surface area contributed by atoms with E-state index in [1.807, 2.05) is 6.07 Å². The van der Waals surface area contributed by atoms with E-state index in [2.05, 4.69) is 5.32 Å². The second-order valence-electron chi connectivity index (χ2n) is 6.59. The summed E-state index contributed by atoms with van der Waals surface area (Å²) in [4.78, 5) is 38.1. The smallest absolute Gasteiger partial charge is 0.308 e. The molecule has 2 aromatic carbocycles. The van der Waals surface area contributed by atoms with E-state index in [-0.39, 0.29) is 25.5 Å². The van der Waals surface area contributed by atoms with Crippen LogP contribution < -0.4 is 15.0 Å². The van der Waals surface area contributed by atoms with Crippen LogP contribution in [0.5, 0.6) is 5.75 Å². The Morgan fingerprint density at radius 3 is 2.79 bits per heavy atom. The van der Waals surface area contributed by atoms with Gasteiger partial charge in [-0.1, -0.05) is 29.8 Å². The molecule has 2 amide bonds. The van der Waals surface area contributed by atoms with Crippen molar-refractivity contribution < 1.29 is 23.9 Å². The van der Waals surface area contributed by atoms with Gasteiger partial charge >= 0.3 is 5.97 Å². The molecule has 1 aliphatic heterocycles. The van der Waals surface area contributed by atoms with Crippen LogP contribution in [0, 0.1) is 6.92 Å². The predicted octanol–water partition coefficient (Wildman–Crippen LogP) is 3.33. The van der Waals surface area contributed by atoms with E-state index in [1.54, 1.807) is 43.3 Å². The number of nitrogens with zero attached hydrogens (tertiary/aromatic N) is 1. The molecule has 3 rings (SSSR count). The molecule has 0 aliphatic carbocycles. The van der Waals surface area contributed by atoms with Gasteiger partial charge in [-0.25, -0.2) is 0 Å². The Kier molecular flexibility index (Phi) is 6.39. The molecule has 8 heteroatoms. The zero-order valence-corrected chi connectivity index (χ0v) is 16.9. The number of para-hydroxylation sites is 2. The van der Waals surface area contributed by atoms with Crippen molar-refractivity contribution in [2.75, 3.05) is 23.4 Å². The van der Waals surface area contributed by atoms with Gasteiger partial charge in [0.25, 0.3) is 11.8 Å². The molecule has 29 heavy (non-hydrogen) atoms. The molecule has 0 fully saturated rings. The summed E-state index contributed by atoms with van der Waals surface area (Å²) in [5.74, 6) is -0.687. The predicted molar refractivity (Wildman–Crippen MR) is 109 cm³/mol. The van der Waals surface area contributed by atoms with Crippen molar-refractivity contribution in [3.05, 3.63) is 53.1 Å². The summed E-state index contributed by atoms with van der Waals surface area (Å²) in [5.41, 5.74) is 1.89. The van der Waals surface area contributed by atoms with Crippen LogP contribution in [-0.4, -0.2) is 37.0 Å². The van der Waals surface area contributed by atoms with E-state index in [0.29, 0.717) is 22.1 Å². The van der Waals surface area contributed by atoms with Crippen LogP contribution in [0.1, 0.15) is 18.9 Å². The van der Waals surface area contributed by atoms with E-state index in [0.717, 1.165) is 5.56 Å². The number of ether oxygens (including phenoxy) is 2. The zero-order valence-electron chi connectivity index (χ0n) is 16.1. The minimum absolute atomic E-state index is 0.0477. The van der Waals surface area contributed by atoms with Gasteiger partial charge in [0.15, 0.2) is 12.7 Å². The quantitative estimate of drug-likeness (QED) is 0.730. The number of anilines is 2. The van der Waals surface area contributed by atoms with Crippen molar-refractivity contribution in [1.29, 1.82) is 0 Å². The van der Waals surface area contributed by atoms with Crippen molar-refractivity contribution >= 4 is 40.8 Å². The van der Waals surface area contributed by atoms with E-state index >= 15 is 0 Å². The highest BCUT2D eigenvalue weighted by molar-refractivity contribution is 6.31. The van der Waals surface area contributed by atoms with E-state index in [9.17, 15) is 14.4 Å². The van der Waals surface area contributed by atoms with Gasteiger partial charge in [0, 0.05) is 17.3 Å². The molecule has 0 aromatic heterocycles. The summed E-state index contributed by atoms with van der Waals surface area (Å²) < 4.78 is 10.6. The molecule has 1 heterocycles. The maximum absolute atomic E-state index is 12.3. The molecule has 0 unspecified atom stereocenters. The Morgan fingerprint density at radius 2 is 2.00 bits per heavy atom. The summed E-state index contributed by atoms with van der Waals surface area (Å²) in [7, 11) is 0. The zero-order chi connectivity index (χ0) is 21.0. The Hall–Kier alpha value is -3.06. The number of amides is 2. The molecule has 7 nitrogen and oxygen atoms in total. The molecule has 152 valence electrons. The monoisotopic (exact) mass is 416 g/mol. The van der Waals surface area contributed by atoms with Crippen molar-refractivity contribution in [3.8, 4) is 5.75 Å². The Balaban J connectivity index is 1.55. The number of esters is 1. The average Bonchev–Trinajstić information content (AvgIpc) is 2.70. The summed E-state index contributed by atoms with van der Waals surface area (Å²) in [6.45, 7) is 3.33. The highest BCUT2D eigenvalue weighted by atomic mass is 35.5. The number of benzene rings is 2. The van der Waals surface area contributed by atoms with Gasteiger partial charge in [-0.15, -0.1) is 0 Å². The third kappa shape index (κ3) is 4.86. The molecule has 1 aliphatic rings. The van der Waals surface area contributed by atoms with E-state index in [1.165, 1.54) is 11.8 Å². The Morgan fingerprint density at radius 1 is 1.24 bits per heavy atom. The van der Waals surface area contributed by atoms with Gasteiger partial charge in [-0.3, -0.25) is 14.4 Å². The van der Waals surface area contributed by atoms with Crippen molar-refractivity contribution in [3.63, 3.8) is 0 Å². The standard InChI is InChI=1S/C21H21ClN2O5/c1-13-15(22)6-5-7-16(13)23-21(27)14(2)29-20(26)10-11-24-17-8-3-4-9-18(17)28-12-19(24)25/h3-9,14H,10-12H2,1-2H3,(H,23,27)/t14-/m1/s1. The highest BCUT2D eigenvalue weighted by Gasteiger charge is 2.26. The summed E-state index contributed by atoms with van der Waals surface area (Å²) in [6, 6.07) is 12.3. The van der Waals surface area contributed by atoms with Gasteiger partial charge in [-0.2, -0.15) is 0 Å². The topological polar surface area (TPSA) is 84.9 Å². The van der Waals surface area contributed by atoms with Crippen LogP contribution in [0.3, 0.4) is 0 Å². The highest BCUT2D eigenvalue weighted by Crippen LogP contribution is 2.31. The minimum atomic E-state index is -0.992. The first-order valence-corrected chi connectivity index (χ1v) is 9.52. The number of nitrogens with one attached hydrogen (secondary N) is 1. The van der Waals surface area contributed by atoms with Crippen LogP contribution in [0.4, 0.5) is 11.4 Å². The first-order valence-electron chi connectivity index (χ1n) is 9.14. The van der Waals surface area contributed by atoms with E-state index in [4.69, 9.17) is 21.1 Å². The molecule has 2 aromatic rings. The number of fused-ring (bicyclic) bond motifs is 1.